The van der Waals surface area contributed by atoms with Crippen LogP contribution >= 0.6 is 0 Å². The van der Waals surface area contributed by atoms with Crippen LogP contribution in [0.2, 0.25) is 0 Å². The van der Waals surface area contributed by atoms with E-state index in [1.165, 1.54) is 11.9 Å². The molecule has 19 heavy (non-hydrogen) atoms. The molecule has 0 amide bonds. The predicted molar refractivity (Wildman–Crippen MR) is 73.2 cm³/mol. The van der Waals surface area contributed by atoms with E-state index in [1.807, 2.05) is 25.5 Å². The lowest BCUT2D eigenvalue weighted by Gasteiger charge is -2.07. The van der Waals surface area contributed by atoms with Crippen LogP contribution in [0.5, 0.6) is 5.88 Å². The Kier molecular flexibility index (Phi) is 4.72. The largest absolute Gasteiger partial charge is 0.478 e. The molecule has 0 saturated heterocycles. The first-order valence-corrected chi connectivity index (χ1v) is 6.44. The summed E-state index contributed by atoms with van der Waals surface area (Å²) >= 11 is 0. The number of nitrogens with one attached hydrogen (secondary N) is 1. The normalized spacial score (nSPS) is 10.4. The zero-order valence-corrected chi connectivity index (χ0v) is 11.3. The molecule has 0 aliphatic heterocycles. The Morgan fingerprint density at radius 2 is 2.26 bits per heavy atom. The molecule has 2 aromatic rings. The highest BCUT2D eigenvalue weighted by Gasteiger charge is 2.00. The Labute approximate surface area is 112 Å². The lowest BCUT2D eigenvalue weighted by atomic mass is 10.2. The highest BCUT2D eigenvalue weighted by molar-refractivity contribution is 5.37. The zero-order valence-electron chi connectivity index (χ0n) is 11.3. The van der Waals surface area contributed by atoms with E-state index >= 15 is 0 Å². The molecule has 0 radical (unpaired) electrons. The summed E-state index contributed by atoms with van der Waals surface area (Å²) in [6.07, 6.45) is 7.27. The summed E-state index contributed by atoms with van der Waals surface area (Å²) < 4.78 is 7.26. The summed E-state index contributed by atoms with van der Waals surface area (Å²) in [4.78, 5) is 8.22. The fourth-order valence-corrected chi connectivity index (χ4v) is 1.66. The molecule has 1 N–H and O–H groups in total. The third-order valence-corrected chi connectivity index (χ3v) is 2.57. The van der Waals surface area contributed by atoms with Gasteiger partial charge in [0, 0.05) is 25.9 Å². The van der Waals surface area contributed by atoms with E-state index in [0.717, 1.165) is 25.2 Å². The maximum absolute atomic E-state index is 5.46. The second kappa shape index (κ2) is 6.72. The van der Waals surface area contributed by atoms with Crippen molar-refractivity contribution in [2.24, 2.45) is 7.05 Å². The lowest BCUT2D eigenvalue weighted by Crippen LogP contribution is -2.07. The molecule has 2 rings (SSSR count). The van der Waals surface area contributed by atoms with E-state index < -0.39 is 0 Å². The van der Waals surface area contributed by atoms with E-state index in [-0.39, 0.29) is 0 Å². The second-order valence-electron chi connectivity index (χ2n) is 4.29. The fourth-order valence-electron chi connectivity index (χ4n) is 1.66. The highest BCUT2D eigenvalue weighted by Crippen LogP contribution is 2.11. The van der Waals surface area contributed by atoms with Crippen molar-refractivity contribution in [3.63, 3.8) is 0 Å². The monoisotopic (exact) mass is 261 g/mol. The third-order valence-electron chi connectivity index (χ3n) is 2.57. The first kappa shape index (κ1) is 13.3. The molecule has 6 nitrogen and oxygen atoms in total. The summed E-state index contributed by atoms with van der Waals surface area (Å²) in [5.74, 6) is 1.39. The number of aromatic nitrogens is 4. The highest BCUT2D eigenvalue weighted by atomic mass is 16.5. The van der Waals surface area contributed by atoms with E-state index in [9.17, 15) is 0 Å². The summed E-state index contributed by atoms with van der Waals surface area (Å²) in [5.41, 5.74) is 1.20. The molecule has 0 bridgehead atoms. The summed E-state index contributed by atoms with van der Waals surface area (Å²) in [5, 5.41) is 7.38. The molecule has 6 heteroatoms. The van der Waals surface area contributed by atoms with Gasteiger partial charge in [0.1, 0.15) is 12.1 Å². The quantitative estimate of drug-likeness (QED) is 0.821. The van der Waals surface area contributed by atoms with Gasteiger partial charge in [-0.15, -0.1) is 0 Å². The molecular weight excluding hydrogens is 242 g/mol. The van der Waals surface area contributed by atoms with Crippen LogP contribution in [0.4, 0.5) is 5.82 Å². The Balaban J connectivity index is 1.82. The summed E-state index contributed by atoms with van der Waals surface area (Å²) in [7, 11) is 1.92. The Bertz CT molecular complexity index is 511. The van der Waals surface area contributed by atoms with Gasteiger partial charge in [0.25, 0.3) is 0 Å². The lowest BCUT2D eigenvalue weighted by molar-refractivity contribution is 0.305. The minimum atomic E-state index is 0.612. The van der Waals surface area contributed by atoms with Crippen LogP contribution in [0, 0.1) is 0 Å². The van der Waals surface area contributed by atoms with Gasteiger partial charge in [-0.05, 0) is 18.4 Å². The van der Waals surface area contributed by atoms with Gasteiger partial charge in [0.15, 0.2) is 0 Å². The van der Waals surface area contributed by atoms with Crippen molar-refractivity contribution in [1.29, 1.82) is 0 Å². The average Bonchev–Trinajstić information content (AvgIpc) is 2.83. The topological polar surface area (TPSA) is 64.9 Å². The van der Waals surface area contributed by atoms with Crippen LogP contribution in [0.3, 0.4) is 0 Å². The van der Waals surface area contributed by atoms with Crippen LogP contribution < -0.4 is 10.1 Å². The first-order chi connectivity index (χ1) is 9.28. The molecule has 2 heterocycles. The zero-order chi connectivity index (χ0) is 13.5. The van der Waals surface area contributed by atoms with E-state index in [2.05, 4.69) is 27.3 Å². The van der Waals surface area contributed by atoms with Gasteiger partial charge in [0.05, 0.1) is 12.8 Å². The summed E-state index contributed by atoms with van der Waals surface area (Å²) in [6, 6.07) is 1.82. The van der Waals surface area contributed by atoms with Gasteiger partial charge >= 0.3 is 0 Å². The Hall–Kier alpha value is -2.11. The number of aryl methyl sites for hydroxylation is 1. The van der Waals surface area contributed by atoms with Gasteiger partial charge in [-0.25, -0.2) is 9.97 Å². The molecule has 2 aromatic heterocycles. The molecule has 0 aliphatic carbocycles. The number of ether oxygens (including phenoxy) is 1. The van der Waals surface area contributed by atoms with Gasteiger partial charge in [-0.1, -0.05) is 6.92 Å². The van der Waals surface area contributed by atoms with Crippen molar-refractivity contribution in [1.82, 2.24) is 19.7 Å². The third kappa shape index (κ3) is 4.24. The van der Waals surface area contributed by atoms with Crippen LogP contribution in [-0.4, -0.2) is 32.9 Å². The van der Waals surface area contributed by atoms with Crippen molar-refractivity contribution in [2.45, 2.75) is 19.8 Å². The van der Waals surface area contributed by atoms with Crippen molar-refractivity contribution in [2.75, 3.05) is 18.5 Å². The molecule has 0 aromatic carbocycles. The van der Waals surface area contributed by atoms with Gasteiger partial charge in [0.2, 0.25) is 5.88 Å². The van der Waals surface area contributed by atoms with Gasteiger partial charge < -0.3 is 10.1 Å². The van der Waals surface area contributed by atoms with Crippen LogP contribution in [0.25, 0.3) is 0 Å². The number of rotatable bonds is 7. The van der Waals surface area contributed by atoms with Crippen LogP contribution in [-0.2, 0) is 13.5 Å². The molecule has 102 valence electrons. The van der Waals surface area contributed by atoms with E-state index in [4.69, 9.17) is 4.74 Å². The number of nitrogens with zero attached hydrogens (tertiary/aromatic N) is 4. The Morgan fingerprint density at radius 1 is 1.37 bits per heavy atom. The van der Waals surface area contributed by atoms with Gasteiger partial charge in [-0.3, -0.25) is 4.68 Å². The number of hydrogen-bond donors (Lipinski definition) is 1. The first-order valence-electron chi connectivity index (χ1n) is 6.44. The maximum Gasteiger partial charge on any atom is 0.218 e. The van der Waals surface area contributed by atoms with Crippen LogP contribution in [0.1, 0.15) is 18.9 Å². The minimum Gasteiger partial charge on any atom is -0.478 e. The maximum atomic E-state index is 5.46. The molecule has 0 atom stereocenters. The fraction of sp³-hybridized carbons (Fsp3) is 0.462. The second-order valence-corrected chi connectivity index (χ2v) is 4.29. The summed E-state index contributed by atoms with van der Waals surface area (Å²) in [6.45, 7) is 3.54. The van der Waals surface area contributed by atoms with E-state index in [0.29, 0.717) is 12.5 Å². The molecule has 0 fully saturated rings. The molecule has 0 aliphatic rings. The number of anilines is 1. The molecule has 0 saturated carbocycles. The average molecular weight is 261 g/mol. The van der Waals surface area contributed by atoms with E-state index in [1.54, 1.807) is 4.68 Å². The Morgan fingerprint density at radius 3 is 3.00 bits per heavy atom. The van der Waals surface area contributed by atoms with Crippen molar-refractivity contribution >= 4 is 5.82 Å². The standard InChI is InChI=1S/C13H19N5O/c1-3-6-19-13-7-12(15-10-16-13)14-5-4-11-8-17-18(2)9-11/h7-10H,3-6H2,1-2H3,(H,14,15,16). The van der Waals surface area contributed by atoms with Gasteiger partial charge in [-0.2, -0.15) is 5.10 Å². The van der Waals surface area contributed by atoms with Crippen molar-refractivity contribution < 1.29 is 4.74 Å². The molecular formula is C13H19N5O. The van der Waals surface area contributed by atoms with Crippen LogP contribution in [0.15, 0.2) is 24.8 Å². The molecule has 0 spiro atoms. The SMILES string of the molecule is CCCOc1cc(NCCc2cnn(C)c2)ncn1. The predicted octanol–water partition coefficient (Wildman–Crippen LogP) is 1.65. The minimum absolute atomic E-state index is 0.612. The van der Waals surface area contributed by atoms with Crippen molar-refractivity contribution in [3.8, 4) is 5.88 Å². The number of hydrogen-bond acceptors (Lipinski definition) is 5. The van der Waals surface area contributed by atoms with Crippen molar-refractivity contribution in [3.05, 3.63) is 30.4 Å². The smallest absolute Gasteiger partial charge is 0.218 e. The molecule has 0 unspecified atom stereocenters.